The second kappa shape index (κ2) is 18.1. The Hall–Kier alpha value is -3.99. The number of benzene rings is 1. The van der Waals surface area contributed by atoms with Crippen molar-refractivity contribution in [2.45, 2.75) is 122 Å². The Balaban J connectivity index is 1.65. The SMILES string of the molecule is CC[C@H]1OC(=O)[C@@](C)(F)C(=O)[C@H](C)[C@@H](OC[C@@H](O)CN(C)C)[C@](C)(OC)C[C@@H](C)C(=O)[C@H](C)[C@H]2N(CCCCn3cc(-c4cccc(N)c4)nn3)C(=O)O[C@]12C. The topological polar surface area (TPSA) is 189 Å². The highest BCUT2D eigenvalue weighted by atomic mass is 19.1. The van der Waals surface area contributed by atoms with Gasteiger partial charge in [-0.25, -0.2) is 14.0 Å². The van der Waals surface area contributed by atoms with E-state index in [1.165, 1.54) is 18.9 Å². The van der Waals surface area contributed by atoms with Crippen LogP contribution in [0.3, 0.4) is 0 Å². The number of aliphatic hydroxyl groups is 1. The molecule has 56 heavy (non-hydrogen) atoms. The fraction of sp³-hybridized carbons (Fsp3) is 0.700. The van der Waals surface area contributed by atoms with Crippen LogP contribution in [0, 0.1) is 17.8 Å². The summed E-state index contributed by atoms with van der Waals surface area (Å²) in [5, 5.41) is 19.1. The quantitative estimate of drug-likeness (QED) is 0.128. The molecule has 0 bridgehead atoms. The molecule has 1 aromatic heterocycles. The number of hydrogen-bond acceptors (Lipinski definition) is 13. The zero-order valence-electron chi connectivity index (χ0n) is 34.5. The lowest BCUT2D eigenvalue weighted by Gasteiger charge is -2.44. The van der Waals surface area contributed by atoms with E-state index >= 15 is 4.39 Å². The minimum Gasteiger partial charge on any atom is -0.455 e. The summed E-state index contributed by atoms with van der Waals surface area (Å²) in [6, 6.07) is 6.41. The van der Waals surface area contributed by atoms with Gasteiger partial charge in [0.1, 0.15) is 17.6 Å². The maximum atomic E-state index is 16.6. The minimum atomic E-state index is -3.13. The van der Waals surface area contributed by atoms with Gasteiger partial charge in [-0.05, 0) is 72.7 Å². The number of ether oxygens (including phenoxy) is 4. The third kappa shape index (κ3) is 9.57. The van der Waals surface area contributed by atoms with Crippen LogP contribution in [0.5, 0.6) is 0 Å². The van der Waals surface area contributed by atoms with Crippen molar-refractivity contribution in [3.05, 3.63) is 30.5 Å². The van der Waals surface area contributed by atoms with Crippen molar-refractivity contribution in [2.75, 3.05) is 46.6 Å². The number of esters is 1. The van der Waals surface area contributed by atoms with E-state index in [1.54, 1.807) is 64.4 Å². The first-order valence-corrected chi connectivity index (χ1v) is 19.4. The molecule has 4 rings (SSSR count). The molecule has 0 saturated carbocycles. The number of nitrogens with zero attached hydrogens (tertiary/aromatic N) is 5. The van der Waals surface area contributed by atoms with Gasteiger partial charge < -0.3 is 39.6 Å². The molecule has 0 aliphatic carbocycles. The number of alkyl halides is 1. The van der Waals surface area contributed by atoms with Gasteiger partial charge in [0.25, 0.3) is 5.67 Å². The van der Waals surface area contributed by atoms with Gasteiger partial charge in [-0.2, -0.15) is 0 Å². The molecule has 16 heteroatoms. The van der Waals surface area contributed by atoms with Gasteiger partial charge in [-0.3, -0.25) is 14.3 Å². The number of aromatic nitrogens is 3. The van der Waals surface area contributed by atoms with E-state index in [-0.39, 0.29) is 38.3 Å². The largest absolute Gasteiger partial charge is 0.455 e. The molecule has 2 aliphatic rings. The number of nitrogen functional groups attached to an aromatic ring is 1. The average molecular weight is 789 g/mol. The second-order valence-corrected chi connectivity index (χ2v) is 16.3. The molecule has 0 spiro atoms. The molecule has 0 radical (unpaired) electrons. The number of fused-ring (bicyclic) bond motifs is 1. The number of aliphatic hydroxyl groups excluding tert-OH is 1. The second-order valence-electron chi connectivity index (χ2n) is 16.3. The molecule has 10 atom stereocenters. The highest BCUT2D eigenvalue weighted by Crippen LogP contribution is 2.43. The van der Waals surface area contributed by atoms with Crippen LogP contribution in [0.1, 0.15) is 74.1 Å². The number of methoxy groups -OCH3 is 1. The predicted octanol–water partition coefficient (Wildman–Crippen LogP) is 4.10. The lowest BCUT2D eigenvalue weighted by Crippen LogP contribution is -2.60. The Morgan fingerprint density at radius 3 is 2.39 bits per heavy atom. The van der Waals surface area contributed by atoms with Crippen molar-refractivity contribution in [1.82, 2.24) is 24.8 Å². The molecule has 3 heterocycles. The van der Waals surface area contributed by atoms with Crippen molar-refractivity contribution < 1.29 is 47.6 Å². The molecule has 2 fully saturated rings. The van der Waals surface area contributed by atoms with Gasteiger partial charge in [0.05, 0.1) is 36.7 Å². The first-order valence-electron chi connectivity index (χ1n) is 19.4. The van der Waals surface area contributed by atoms with Crippen LogP contribution >= 0.6 is 0 Å². The maximum absolute atomic E-state index is 16.6. The number of nitrogens with two attached hydrogens (primary N) is 1. The first-order chi connectivity index (χ1) is 26.2. The number of carbonyl (C=O) groups is 4. The summed E-state index contributed by atoms with van der Waals surface area (Å²) in [4.78, 5) is 59.2. The maximum Gasteiger partial charge on any atom is 0.410 e. The van der Waals surface area contributed by atoms with Gasteiger partial charge in [-0.15, -0.1) is 5.10 Å². The van der Waals surface area contributed by atoms with Gasteiger partial charge in [-0.1, -0.05) is 45.0 Å². The molecular weight excluding hydrogens is 727 g/mol. The van der Waals surface area contributed by atoms with Crippen LogP contribution in [0.15, 0.2) is 30.5 Å². The van der Waals surface area contributed by atoms with E-state index in [0.29, 0.717) is 30.8 Å². The summed E-state index contributed by atoms with van der Waals surface area (Å²) in [5.74, 6) is -5.61. The van der Waals surface area contributed by atoms with E-state index in [1.807, 2.05) is 24.4 Å². The Labute approximate surface area is 329 Å². The number of halogens is 1. The fourth-order valence-electron chi connectivity index (χ4n) is 8.46. The predicted molar refractivity (Wildman–Crippen MR) is 206 cm³/mol. The zero-order valence-corrected chi connectivity index (χ0v) is 34.5. The highest BCUT2D eigenvalue weighted by Gasteiger charge is 2.61. The molecule has 3 N–H and O–H groups in total. The van der Waals surface area contributed by atoms with Gasteiger partial charge in [0, 0.05) is 55.7 Å². The molecule has 2 aliphatic heterocycles. The minimum absolute atomic E-state index is 0.0388. The lowest BCUT2D eigenvalue weighted by atomic mass is 9.73. The van der Waals surface area contributed by atoms with E-state index in [4.69, 9.17) is 24.7 Å². The summed E-state index contributed by atoms with van der Waals surface area (Å²) in [5.41, 5.74) is 1.96. The number of amides is 1. The van der Waals surface area contributed by atoms with Gasteiger partial charge in [0.2, 0.25) is 0 Å². The molecule has 2 aromatic rings. The van der Waals surface area contributed by atoms with Crippen LogP contribution in [-0.2, 0) is 39.9 Å². The standard InChI is InChI=1S/C40H61FN6O9/c1-11-31-40(7)33(47(37(52)56-40)18-13-12-17-46-22-30(43-44-46)27-15-14-16-28(42)19-27)25(3)32(49)24(2)20-38(5,53-10)35(54-23-29(48)21-45(8)9)26(4)34(50)39(6,41)36(51)55-31/h14-16,19,22,24-26,29,31,33,35,48H,11-13,17-18,20-21,23,42H2,1-10H3/t24-,25+,26+,29+,31-,33-,35-,38-,39+,40-/m1/s1. The van der Waals surface area contributed by atoms with Crippen LogP contribution in [-0.4, -0.2) is 136 Å². The fourth-order valence-corrected chi connectivity index (χ4v) is 8.46. The third-order valence-corrected chi connectivity index (χ3v) is 11.4. The van der Waals surface area contributed by atoms with Crippen molar-refractivity contribution in [1.29, 1.82) is 0 Å². The number of anilines is 1. The van der Waals surface area contributed by atoms with Crippen molar-refractivity contribution in [3.63, 3.8) is 0 Å². The monoisotopic (exact) mass is 788 g/mol. The normalized spacial score (nSPS) is 32.6. The van der Waals surface area contributed by atoms with Crippen LogP contribution in [0.25, 0.3) is 11.3 Å². The van der Waals surface area contributed by atoms with Gasteiger partial charge in [0.15, 0.2) is 11.4 Å². The number of ketones is 2. The van der Waals surface area contributed by atoms with E-state index in [9.17, 15) is 24.3 Å². The molecular formula is C40H61FN6O9. The Morgan fingerprint density at radius 2 is 1.77 bits per heavy atom. The Morgan fingerprint density at radius 1 is 1.09 bits per heavy atom. The third-order valence-electron chi connectivity index (χ3n) is 11.4. The summed E-state index contributed by atoms with van der Waals surface area (Å²) in [6.07, 6.45) is -1.01. The number of carbonyl (C=O) groups excluding carboxylic acids is 4. The average Bonchev–Trinajstić information content (AvgIpc) is 3.71. The molecule has 1 amide bonds. The van der Waals surface area contributed by atoms with Crippen molar-refractivity contribution in [2.24, 2.45) is 17.8 Å². The summed E-state index contributed by atoms with van der Waals surface area (Å²) in [6.45, 7) is 11.4. The summed E-state index contributed by atoms with van der Waals surface area (Å²) in [7, 11) is 4.96. The number of aryl methyl sites for hydroxylation is 1. The summed E-state index contributed by atoms with van der Waals surface area (Å²) >= 11 is 0. The van der Waals surface area contributed by atoms with Crippen LogP contribution in [0.4, 0.5) is 14.9 Å². The lowest BCUT2D eigenvalue weighted by molar-refractivity contribution is -0.188. The number of unbranched alkanes of at least 4 members (excludes halogenated alkanes) is 1. The van der Waals surface area contributed by atoms with E-state index < -0.39 is 76.8 Å². The molecule has 312 valence electrons. The highest BCUT2D eigenvalue weighted by molar-refractivity contribution is 6.08. The van der Waals surface area contributed by atoms with Crippen LogP contribution in [0.2, 0.25) is 0 Å². The van der Waals surface area contributed by atoms with E-state index in [0.717, 1.165) is 12.5 Å². The van der Waals surface area contributed by atoms with E-state index in [2.05, 4.69) is 10.3 Å². The van der Waals surface area contributed by atoms with Crippen molar-refractivity contribution in [3.8, 4) is 11.3 Å². The number of cyclic esters (lactones) is 1. The van der Waals surface area contributed by atoms with Crippen LogP contribution < -0.4 is 5.73 Å². The number of rotatable bonds is 13. The molecule has 2 saturated heterocycles. The number of Topliss-reactive ketones (excluding diaryl/α,β-unsaturated/α-hetero) is 2. The first kappa shape index (κ1) is 44.7. The zero-order chi connectivity index (χ0) is 41.7. The van der Waals surface area contributed by atoms with Crippen molar-refractivity contribution >= 4 is 29.3 Å². The molecule has 15 nitrogen and oxygen atoms in total. The van der Waals surface area contributed by atoms with Gasteiger partial charge >= 0.3 is 12.1 Å². The molecule has 1 aromatic carbocycles. The number of hydrogen-bond donors (Lipinski definition) is 2. The Bertz CT molecular complexity index is 1710. The molecule has 0 unspecified atom stereocenters. The summed E-state index contributed by atoms with van der Waals surface area (Å²) < 4.78 is 42.3. The number of likely N-dealkylation sites (N-methyl/N-ethyl adjacent to an activating group) is 1. The smallest absolute Gasteiger partial charge is 0.410 e. The Kier molecular flexibility index (Phi) is 14.4.